The summed E-state index contributed by atoms with van der Waals surface area (Å²) in [6.07, 6.45) is 0. The number of aromatic nitrogens is 2. The first-order chi connectivity index (χ1) is 22.3. The van der Waals surface area contributed by atoms with E-state index in [0.717, 1.165) is 28.4 Å². The lowest BCUT2D eigenvalue weighted by Crippen LogP contribution is -2.03. The molecule has 3 heterocycles. The molecule has 3 nitrogen and oxygen atoms in total. The summed E-state index contributed by atoms with van der Waals surface area (Å²) in [5.74, 6) is 1.78. The third kappa shape index (κ3) is 3.52. The average Bonchev–Trinajstić information content (AvgIpc) is 3.62. The molecule has 10 rings (SSSR count). The van der Waals surface area contributed by atoms with Crippen LogP contribution in [0.15, 0.2) is 158 Å². The Kier molecular flexibility index (Phi) is 5.00. The first-order valence-electron chi connectivity index (χ1n) is 15.4. The maximum Gasteiger partial charge on any atom is 0.152 e. The Morgan fingerprint density at radius 2 is 0.933 bits per heavy atom. The summed E-state index contributed by atoms with van der Waals surface area (Å²) in [6.45, 7) is 0. The van der Waals surface area contributed by atoms with Gasteiger partial charge in [0.1, 0.15) is 0 Å². The second-order valence-corrected chi connectivity index (χ2v) is 11.8. The molecule has 1 aliphatic rings. The number of hydrogen-bond acceptors (Lipinski definition) is 1. The monoisotopic (exact) mass is 574 g/mol. The Hall–Kier alpha value is -6.06. The fourth-order valence-corrected chi connectivity index (χ4v) is 7.28. The standard InChI is InChI=1S/C42H26N2O/c1-3-14-36-32(11-1)33-12-2-4-15-37(33)43(36)31-22-19-27(20-23-31)28-9-7-10-29(25-28)30-21-24-34-35-13-8-18-41-42(35)44(39(34)26-30)38-16-5-6-17-40(38)45-41/h1-26H. The van der Waals surface area contributed by atoms with E-state index in [1.807, 2.05) is 12.1 Å². The molecule has 9 aromatic rings. The molecule has 0 fully saturated rings. The van der Waals surface area contributed by atoms with Crippen molar-refractivity contribution in [2.45, 2.75) is 0 Å². The number of ether oxygens (including phenoxy) is 1. The number of para-hydroxylation sites is 5. The van der Waals surface area contributed by atoms with Crippen LogP contribution < -0.4 is 4.74 Å². The molecule has 0 saturated heterocycles. The highest BCUT2D eigenvalue weighted by Crippen LogP contribution is 2.46. The van der Waals surface area contributed by atoms with Crippen LogP contribution in [0.1, 0.15) is 0 Å². The molecule has 0 spiro atoms. The second kappa shape index (κ2) is 9.22. The molecule has 2 aromatic heterocycles. The van der Waals surface area contributed by atoms with E-state index in [-0.39, 0.29) is 0 Å². The van der Waals surface area contributed by atoms with Gasteiger partial charge in [-0.25, -0.2) is 0 Å². The number of nitrogens with zero attached hydrogens (tertiary/aromatic N) is 2. The van der Waals surface area contributed by atoms with Crippen LogP contribution in [0.3, 0.4) is 0 Å². The van der Waals surface area contributed by atoms with Crippen molar-refractivity contribution in [3.63, 3.8) is 0 Å². The summed E-state index contributed by atoms with van der Waals surface area (Å²) >= 11 is 0. The van der Waals surface area contributed by atoms with Gasteiger partial charge in [-0.15, -0.1) is 0 Å². The van der Waals surface area contributed by atoms with Crippen LogP contribution in [0.25, 0.3) is 77.2 Å². The van der Waals surface area contributed by atoms with Crippen molar-refractivity contribution in [1.29, 1.82) is 0 Å². The zero-order chi connectivity index (χ0) is 29.5. The quantitative estimate of drug-likeness (QED) is 0.205. The predicted octanol–water partition coefficient (Wildman–Crippen LogP) is 11.3. The Balaban J connectivity index is 1.07. The van der Waals surface area contributed by atoms with Crippen molar-refractivity contribution in [2.24, 2.45) is 0 Å². The lowest BCUT2D eigenvalue weighted by Gasteiger charge is -2.20. The lowest BCUT2D eigenvalue weighted by atomic mass is 9.98. The highest BCUT2D eigenvalue weighted by atomic mass is 16.5. The maximum absolute atomic E-state index is 6.31. The lowest BCUT2D eigenvalue weighted by molar-refractivity contribution is 0.476. The first kappa shape index (κ1) is 24.4. The summed E-state index contributed by atoms with van der Waals surface area (Å²) in [6, 6.07) is 56.6. The van der Waals surface area contributed by atoms with Crippen molar-refractivity contribution < 1.29 is 4.74 Å². The summed E-state index contributed by atoms with van der Waals surface area (Å²) in [5.41, 5.74) is 11.8. The van der Waals surface area contributed by atoms with E-state index in [9.17, 15) is 0 Å². The smallest absolute Gasteiger partial charge is 0.152 e. The fraction of sp³-hybridized carbons (Fsp3) is 0. The highest BCUT2D eigenvalue weighted by Gasteiger charge is 2.23. The normalized spacial score (nSPS) is 12.2. The van der Waals surface area contributed by atoms with Crippen molar-refractivity contribution in [2.75, 3.05) is 0 Å². The highest BCUT2D eigenvalue weighted by molar-refractivity contribution is 6.13. The number of fused-ring (bicyclic) bond motifs is 8. The van der Waals surface area contributed by atoms with Gasteiger partial charge in [-0.3, -0.25) is 0 Å². The van der Waals surface area contributed by atoms with E-state index in [1.54, 1.807) is 0 Å². The number of benzene rings is 7. The summed E-state index contributed by atoms with van der Waals surface area (Å²) in [5, 5.41) is 4.99. The van der Waals surface area contributed by atoms with Crippen molar-refractivity contribution in [3.05, 3.63) is 158 Å². The molecule has 3 heteroatoms. The van der Waals surface area contributed by atoms with Gasteiger partial charge in [-0.05, 0) is 76.9 Å². The van der Waals surface area contributed by atoms with Gasteiger partial charge in [0.2, 0.25) is 0 Å². The zero-order valence-corrected chi connectivity index (χ0v) is 24.3. The first-order valence-corrected chi connectivity index (χ1v) is 15.4. The molecule has 1 aliphatic heterocycles. The van der Waals surface area contributed by atoms with E-state index in [0.29, 0.717) is 0 Å². The molecule has 0 N–H and O–H groups in total. The Morgan fingerprint density at radius 1 is 0.356 bits per heavy atom. The van der Waals surface area contributed by atoms with Crippen molar-refractivity contribution >= 4 is 43.6 Å². The number of rotatable bonds is 3. The van der Waals surface area contributed by atoms with E-state index in [2.05, 4.69) is 155 Å². The van der Waals surface area contributed by atoms with E-state index in [4.69, 9.17) is 4.74 Å². The van der Waals surface area contributed by atoms with Gasteiger partial charge in [-0.1, -0.05) is 103 Å². The van der Waals surface area contributed by atoms with Gasteiger partial charge in [0.25, 0.3) is 0 Å². The van der Waals surface area contributed by atoms with Gasteiger partial charge in [0.15, 0.2) is 11.5 Å². The molecule has 0 amide bonds. The number of hydrogen-bond donors (Lipinski definition) is 0. The van der Waals surface area contributed by atoms with E-state index >= 15 is 0 Å². The molecule has 7 aromatic carbocycles. The Morgan fingerprint density at radius 3 is 1.73 bits per heavy atom. The molecule has 210 valence electrons. The molecule has 0 saturated carbocycles. The van der Waals surface area contributed by atoms with Crippen molar-refractivity contribution in [3.8, 4) is 45.1 Å². The van der Waals surface area contributed by atoms with Crippen LogP contribution in [0, 0.1) is 0 Å². The van der Waals surface area contributed by atoms with Gasteiger partial charge < -0.3 is 13.9 Å². The van der Waals surface area contributed by atoms with E-state index < -0.39 is 0 Å². The third-order valence-electron chi connectivity index (χ3n) is 9.31. The van der Waals surface area contributed by atoms with Crippen LogP contribution in [-0.4, -0.2) is 9.13 Å². The average molecular weight is 575 g/mol. The minimum absolute atomic E-state index is 0.881. The minimum Gasteiger partial charge on any atom is -0.453 e. The molecule has 0 atom stereocenters. The minimum atomic E-state index is 0.881. The molecule has 0 unspecified atom stereocenters. The van der Waals surface area contributed by atoms with Crippen LogP contribution in [0.4, 0.5) is 0 Å². The molecule has 0 aliphatic carbocycles. The fourth-order valence-electron chi connectivity index (χ4n) is 7.28. The second-order valence-electron chi connectivity index (χ2n) is 11.8. The summed E-state index contributed by atoms with van der Waals surface area (Å²) in [7, 11) is 0. The molecular formula is C42H26N2O. The molecular weight excluding hydrogens is 548 g/mol. The maximum atomic E-state index is 6.31. The van der Waals surface area contributed by atoms with E-state index in [1.165, 1.54) is 60.3 Å². The molecule has 45 heavy (non-hydrogen) atoms. The van der Waals surface area contributed by atoms with Gasteiger partial charge in [0, 0.05) is 27.2 Å². The van der Waals surface area contributed by atoms with Crippen molar-refractivity contribution in [1.82, 2.24) is 9.13 Å². The van der Waals surface area contributed by atoms with Gasteiger partial charge in [-0.2, -0.15) is 0 Å². The third-order valence-corrected chi connectivity index (χ3v) is 9.31. The Bertz CT molecular complexity index is 2570. The largest absolute Gasteiger partial charge is 0.453 e. The van der Waals surface area contributed by atoms with Gasteiger partial charge in [0.05, 0.1) is 27.8 Å². The van der Waals surface area contributed by atoms with Crippen LogP contribution >= 0.6 is 0 Å². The summed E-state index contributed by atoms with van der Waals surface area (Å²) in [4.78, 5) is 0. The van der Waals surface area contributed by atoms with Crippen LogP contribution in [-0.2, 0) is 0 Å². The molecule has 0 radical (unpaired) electrons. The topological polar surface area (TPSA) is 19.1 Å². The molecule has 0 bridgehead atoms. The predicted molar refractivity (Wildman–Crippen MR) is 186 cm³/mol. The SMILES string of the molecule is c1cc(-c2ccc(-n3c4ccccc4c4ccccc43)cc2)cc(-c2ccc3c4cccc5c4n(c3c2)-c2ccccc2O5)c1. The van der Waals surface area contributed by atoms with Crippen LogP contribution in [0.5, 0.6) is 11.5 Å². The summed E-state index contributed by atoms with van der Waals surface area (Å²) < 4.78 is 11.0. The Labute approximate surface area is 259 Å². The van der Waals surface area contributed by atoms with Gasteiger partial charge >= 0.3 is 0 Å². The zero-order valence-electron chi connectivity index (χ0n) is 24.3. The van der Waals surface area contributed by atoms with Crippen LogP contribution in [0.2, 0.25) is 0 Å².